The standard InChI is InChI=1S/C46H52N2O8S/c1-3-25-53-46-43(57-4-2)29-41(47-54-30-31-15-18-35(19-16-31)48(51)52)39-27-34(13-7-9-23-49)38(14-8-10-24-50)44(45(39)46)40-28-37(21-22-42(40)56-46)55-36-20-17-32-11-5-6-12-33(32)26-36/h3,5-6,11-12,15-22,26-28,34,38,43-45,49-50H,1,4,7-10,13-14,23-25,29-30H2,2H3. The van der Waals surface area contributed by atoms with Gasteiger partial charge in [0.2, 0.25) is 5.79 Å². The molecule has 57 heavy (non-hydrogen) atoms. The van der Waals surface area contributed by atoms with E-state index in [1.165, 1.54) is 12.1 Å². The van der Waals surface area contributed by atoms with Gasteiger partial charge in [-0.05, 0) is 108 Å². The van der Waals surface area contributed by atoms with Gasteiger partial charge in [0.1, 0.15) is 23.9 Å². The van der Waals surface area contributed by atoms with Gasteiger partial charge in [0.15, 0.2) is 0 Å². The summed E-state index contributed by atoms with van der Waals surface area (Å²) in [5, 5.41) is 37.9. The predicted molar refractivity (Wildman–Crippen MR) is 225 cm³/mol. The molecule has 0 radical (unpaired) electrons. The number of unbranched alkanes of at least 4 members (excludes halogenated alkanes) is 2. The fraction of sp³-hybridized carbons (Fsp3) is 0.413. The summed E-state index contributed by atoms with van der Waals surface area (Å²) in [6.45, 7) is 6.87. The van der Waals surface area contributed by atoms with Crippen LogP contribution >= 0.6 is 11.8 Å². The number of non-ortho nitro benzene ring substituents is 1. The fourth-order valence-electron chi connectivity index (χ4n) is 9.01. The van der Waals surface area contributed by atoms with E-state index in [-0.39, 0.29) is 54.4 Å². The van der Waals surface area contributed by atoms with Gasteiger partial charge in [-0.1, -0.05) is 67.4 Å². The van der Waals surface area contributed by atoms with Crippen LogP contribution in [0.2, 0.25) is 0 Å². The van der Waals surface area contributed by atoms with Crippen molar-refractivity contribution in [2.24, 2.45) is 22.9 Å². The summed E-state index contributed by atoms with van der Waals surface area (Å²) < 4.78 is 20.8. The van der Waals surface area contributed by atoms with Crippen molar-refractivity contribution in [1.82, 2.24) is 0 Å². The number of nitrogens with zero attached hydrogens (tertiary/aromatic N) is 2. The van der Waals surface area contributed by atoms with Gasteiger partial charge in [-0.15, -0.1) is 6.58 Å². The predicted octanol–water partition coefficient (Wildman–Crippen LogP) is 10.1. The van der Waals surface area contributed by atoms with Crippen molar-refractivity contribution in [3.05, 3.63) is 130 Å². The Morgan fingerprint density at radius 2 is 1.70 bits per heavy atom. The Bertz CT molecular complexity index is 2090. The fourth-order valence-corrected chi connectivity index (χ4v) is 10.2. The van der Waals surface area contributed by atoms with E-state index in [9.17, 15) is 20.3 Å². The lowest BCUT2D eigenvalue weighted by Crippen LogP contribution is -2.64. The lowest BCUT2D eigenvalue weighted by molar-refractivity contribution is -0.384. The van der Waals surface area contributed by atoms with Crippen LogP contribution in [0.4, 0.5) is 5.69 Å². The highest BCUT2D eigenvalue weighted by Gasteiger charge is 2.63. The number of benzene rings is 4. The van der Waals surface area contributed by atoms with E-state index in [1.54, 1.807) is 30.0 Å². The number of oxime groups is 1. The largest absolute Gasteiger partial charge is 0.460 e. The summed E-state index contributed by atoms with van der Waals surface area (Å²) in [6.07, 6.45) is 9.60. The van der Waals surface area contributed by atoms with E-state index in [2.05, 4.69) is 49.9 Å². The molecule has 2 aliphatic carbocycles. The highest BCUT2D eigenvalue weighted by molar-refractivity contribution is 8.00. The van der Waals surface area contributed by atoms with E-state index in [0.29, 0.717) is 31.6 Å². The SMILES string of the molecule is C=CCOC12Oc3ccc(Oc4ccc5ccccc5c4)cc3C3C(CCCCO)C(CCCCO)C=C(C(=NOCc4ccc([N+](=O)[O-])cc4)CC1SCC)C32. The third-order valence-corrected chi connectivity index (χ3v) is 12.7. The second kappa shape index (κ2) is 18.7. The van der Waals surface area contributed by atoms with Crippen LogP contribution in [0.3, 0.4) is 0 Å². The summed E-state index contributed by atoms with van der Waals surface area (Å²) in [6, 6.07) is 26.8. The van der Waals surface area contributed by atoms with Crippen molar-refractivity contribution >= 4 is 33.9 Å². The Balaban J connectivity index is 1.34. The minimum atomic E-state index is -1.04. The van der Waals surface area contributed by atoms with E-state index in [0.717, 1.165) is 76.1 Å². The summed E-state index contributed by atoms with van der Waals surface area (Å²) in [5.41, 5.74) is 3.73. The third-order valence-electron chi connectivity index (χ3n) is 11.5. The molecule has 6 atom stereocenters. The van der Waals surface area contributed by atoms with Crippen molar-refractivity contribution < 1.29 is 34.2 Å². The molecule has 300 valence electrons. The maximum absolute atomic E-state index is 11.2. The molecule has 11 heteroatoms. The van der Waals surface area contributed by atoms with Crippen LogP contribution in [0.25, 0.3) is 10.8 Å². The lowest BCUT2D eigenvalue weighted by atomic mass is 9.56. The number of rotatable bonds is 19. The Kier molecular flexibility index (Phi) is 13.3. The van der Waals surface area contributed by atoms with E-state index in [1.807, 2.05) is 30.3 Å². The monoisotopic (exact) mass is 792 g/mol. The number of thioether (sulfide) groups is 1. The zero-order chi connectivity index (χ0) is 39.8. The van der Waals surface area contributed by atoms with Crippen molar-refractivity contribution in [3.63, 3.8) is 0 Å². The molecule has 1 fully saturated rings. The van der Waals surface area contributed by atoms with Crippen LogP contribution in [0, 0.1) is 27.9 Å². The average molecular weight is 793 g/mol. The summed E-state index contributed by atoms with van der Waals surface area (Å²) >= 11 is 1.79. The quantitative estimate of drug-likeness (QED) is 0.0412. The maximum atomic E-state index is 11.2. The topological polar surface area (TPSA) is 133 Å². The molecule has 0 amide bonds. The Labute approximate surface area is 338 Å². The molecule has 3 aliphatic rings. The number of hydrogen-bond acceptors (Lipinski definition) is 10. The second-order valence-electron chi connectivity index (χ2n) is 15.0. The number of fused-ring (bicyclic) bond motifs is 3. The normalized spacial score (nSPS) is 24.2. The summed E-state index contributed by atoms with van der Waals surface area (Å²) in [5.74, 6) is 2.02. The van der Waals surface area contributed by atoms with E-state index >= 15 is 0 Å². The second-order valence-corrected chi connectivity index (χ2v) is 16.5. The van der Waals surface area contributed by atoms with Gasteiger partial charge in [-0.2, -0.15) is 11.8 Å². The molecule has 0 saturated heterocycles. The van der Waals surface area contributed by atoms with E-state index < -0.39 is 10.7 Å². The molecular formula is C46H52N2O8S. The van der Waals surface area contributed by atoms with Crippen LogP contribution in [-0.2, 0) is 16.2 Å². The first-order valence-corrected chi connectivity index (χ1v) is 21.2. The first-order valence-electron chi connectivity index (χ1n) is 20.1. The van der Waals surface area contributed by atoms with Crippen LogP contribution in [0.5, 0.6) is 17.2 Å². The molecule has 4 aromatic rings. The van der Waals surface area contributed by atoms with Crippen molar-refractivity contribution in [2.45, 2.75) is 75.4 Å². The summed E-state index contributed by atoms with van der Waals surface area (Å²) in [7, 11) is 0. The minimum Gasteiger partial charge on any atom is -0.460 e. The molecule has 0 aromatic heterocycles. The lowest BCUT2D eigenvalue weighted by Gasteiger charge is -2.58. The van der Waals surface area contributed by atoms with Crippen LogP contribution in [0.15, 0.2) is 114 Å². The Morgan fingerprint density at radius 3 is 2.44 bits per heavy atom. The molecule has 0 bridgehead atoms. The Morgan fingerprint density at radius 1 is 0.965 bits per heavy atom. The van der Waals surface area contributed by atoms with Gasteiger partial charge in [-0.3, -0.25) is 10.1 Å². The molecule has 2 N–H and O–H groups in total. The highest BCUT2D eigenvalue weighted by atomic mass is 32.2. The van der Waals surface area contributed by atoms with Gasteiger partial charge in [0, 0.05) is 43.2 Å². The van der Waals surface area contributed by atoms with Crippen LogP contribution in [0.1, 0.15) is 68.9 Å². The molecule has 4 aromatic carbocycles. The number of aliphatic hydroxyl groups is 2. The van der Waals surface area contributed by atoms with E-state index in [4.69, 9.17) is 24.2 Å². The molecule has 6 unspecified atom stereocenters. The molecular weight excluding hydrogens is 741 g/mol. The molecule has 1 aliphatic heterocycles. The smallest absolute Gasteiger partial charge is 0.269 e. The third kappa shape index (κ3) is 8.77. The van der Waals surface area contributed by atoms with Crippen molar-refractivity contribution in [2.75, 3.05) is 25.6 Å². The molecule has 1 heterocycles. The van der Waals surface area contributed by atoms with Gasteiger partial charge < -0.3 is 29.3 Å². The van der Waals surface area contributed by atoms with Gasteiger partial charge in [0.25, 0.3) is 5.69 Å². The van der Waals surface area contributed by atoms with Crippen molar-refractivity contribution in [1.29, 1.82) is 0 Å². The Hall–Kier alpha value is -4.68. The molecule has 10 nitrogen and oxygen atoms in total. The van der Waals surface area contributed by atoms with Crippen molar-refractivity contribution in [3.8, 4) is 17.2 Å². The maximum Gasteiger partial charge on any atom is 0.269 e. The highest BCUT2D eigenvalue weighted by Crippen LogP contribution is 2.62. The number of hydrogen-bond donors (Lipinski definition) is 2. The first kappa shape index (κ1) is 40.5. The molecule has 7 rings (SSSR count). The summed E-state index contributed by atoms with van der Waals surface area (Å²) in [4.78, 5) is 16.9. The van der Waals surface area contributed by atoms with Gasteiger partial charge in [0.05, 0.1) is 28.4 Å². The first-order chi connectivity index (χ1) is 27.9. The number of allylic oxidation sites excluding steroid dienone is 1. The zero-order valence-electron chi connectivity index (χ0n) is 32.5. The van der Waals surface area contributed by atoms with Gasteiger partial charge in [-0.25, -0.2) is 0 Å². The number of nitro groups is 1. The zero-order valence-corrected chi connectivity index (χ0v) is 33.3. The molecule has 1 saturated carbocycles. The van der Waals surface area contributed by atoms with Crippen LogP contribution < -0.4 is 9.47 Å². The number of nitro benzene ring substituents is 1. The van der Waals surface area contributed by atoms with Gasteiger partial charge >= 0.3 is 0 Å². The minimum absolute atomic E-state index is 0.0234. The number of aliphatic hydroxyl groups excluding tert-OH is 2. The molecule has 0 spiro atoms. The number of ether oxygens (including phenoxy) is 3. The average Bonchev–Trinajstić information content (AvgIpc) is 3.22. The van der Waals surface area contributed by atoms with Crippen LogP contribution in [-0.4, -0.2) is 57.5 Å².